The van der Waals surface area contributed by atoms with Crippen LogP contribution in [0.5, 0.6) is 0 Å². The molecule has 0 aliphatic carbocycles. The van der Waals surface area contributed by atoms with Crippen LogP contribution in [0.15, 0.2) is 42.1 Å². The van der Waals surface area contributed by atoms with E-state index >= 15 is 0 Å². The number of carbonyl (C=O) groups excluding carboxylic acids is 1. The molecule has 0 aliphatic heterocycles. The lowest BCUT2D eigenvalue weighted by Gasteiger charge is -2.09. The molecule has 0 fully saturated rings. The molecule has 0 bridgehead atoms. The summed E-state index contributed by atoms with van der Waals surface area (Å²) in [7, 11) is 0. The van der Waals surface area contributed by atoms with Crippen LogP contribution in [0.1, 0.15) is 21.1 Å². The molecule has 0 radical (unpaired) electrons. The van der Waals surface area contributed by atoms with Crippen molar-refractivity contribution < 1.29 is 19.1 Å². The van der Waals surface area contributed by atoms with E-state index in [9.17, 15) is 9.59 Å². The van der Waals surface area contributed by atoms with Crippen LogP contribution in [0.4, 0.5) is 5.69 Å². The Morgan fingerprint density at radius 1 is 1.05 bits per heavy atom. The topological polar surface area (TPSA) is 79.5 Å². The minimum atomic E-state index is -1.23. The molecule has 5 nitrogen and oxygen atoms in total. The summed E-state index contributed by atoms with van der Waals surface area (Å²) in [5.74, 6) is -2.13. The number of hydrogen-bond acceptors (Lipinski definition) is 3. The number of halogens is 3. The van der Waals surface area contributed by atoms with Crippen LogP contribution in [0, 0.1) is 0 Å². The third kappa shape index (κ3) is 3.31. The maximum Gasteiger partial charge on any atom is 0.371 e. The third-order valence-electron chi connectivity index (χ3n) is 2.29. The van der Waals surface area contributed by atoms with E-state index in [1.807, 2.05) is 0 Å². The number of aromatic carboxylic acids is 1. The second-order valence-corrected chi connectivity index (χ2v) is 6.29. The van der Waals surface area contributed by atoms with E-state index in [0.717, 1.165) is 4.47 Å². The van der Waals surface area contributed by atoms with Crippen LogP contribution in [0.25, 0.3) is 0 Å². The van der Waals surface area contributed by atoms with Gasteiger partial charge in [0.15, 0.2) is 5.76 Å². The van der Waals surface area contributed by atoms with Crippen LogP contribution < -0.4 is 5.32 Å². The Morgan fingerprint density at radius 2 is 1.60 bits per heavy atom. The highest BCUT2D eigenvalue weighted by molar-refractivity contribution is 9.11. The molecule has 1 aromatic carbocycles. The molecule has 2 N–H and O–H groups in total. The Hall–Kier alpha value is -1.12. The Morgan fingerprint density at radius 3 is 2.10 bits per heavy atom. The first-order chi connectivity index (χ1) is 9.38. The van der Waals surface area contributed by atoms with Crippen molar-refractivity contribution in [3.05, 3.63) is 49.2 Å². The van der Waals surface area contributed by atoms with Gasteiger partial charge < -0.3 is 14.8 Å². The molecule has 0 atom stereocenters. The smallest absolute Gasteiger partial charge is 0.371 e. The van der Waals surface area contributed by atoms with E-state index in [0.29, 0.717) is 14.6 Å². The SMILES string of the molecule is O=C(O)c1ccc(C(=O)Nc2c(Br)cc(Br)cc2Br)o1. The zero-order valence-electron chi connectivity index (χ0n) is 9.62. The highest BCUT2D eigenvalue weighted by Crippen LogP contribution is 2.34. The van der Waals surface area contributed by atoms with Crippen LogP contribution in [0.3, 0.4) is 0 Å². The van der Waals surface area contributed by atoms with Crippen molar-refractivity contribution >= 4 is 65.4 Å². The number of carboxylic acids is 1. The lowest BCUT2D eigenvalue weighted by Crippen LogP contribution is -2.12. The number of carboxylic acid groups (broad SMARTS) is 1. The summed E-state index contributed by atoms with van der Waals surface area (Å²) in [5.41, 5.74) is 0.520. The minimum Gasteiger partial charge on any atom is -0.475 e. The summed E-state index contributed by atoms with van der Waals surface area (Å²) in [6, 6.07) is 6.07. The number of furan rings is 1. The lowest BCUT2D eigenvalue weighted by molar-refractivity contribution is 0.0660. The van der Waals surface area contributed by atoms with Crippen molar-refractivity contribution in [2.24, 2.45) is 0 Å². The number of carbonyl (C=O) groups is 2. The van der Waals surface area contributed by atoms with Gasteiger partial charge in [-0.25, -0.2) is 4.79 Å². The highest BCUT2D eigenvalue weighted by atomic mass is 79.9. The van der Waals surface area contributed by atoms with E-state index in [1.54, 1.807) is 12.1 Å². The molecule has 20 heavy (non-hydrogen) atoms. The van der Waals surface area contributed by atoms with Gasteiger partial charge in [-0.1, -0.05) is 15.9 Å². The van der Waals surface area contributed by atoms with E-state index in [4.69, 9.17) is 9.52 Å². The maximum absolute atomic E-state index is 12.0. The van der Waals surface area contributed by atoms with Gasteiger partial charge in [0, 0.05) is 13.4 Å². The van der Waals surface area contributed by atoms with Crippen molar-refractivity contribution in [2.45, 2.75) is 0 Å². The number of rotatable bonds is 3. The summed E-state index contributed by atoms with van der Waals surface area (Å²) in [4.78, 5) is 22.7. The Kier molecular flexibility index (Phi) is 4.66. The van der Waals surface area contributed by atoms with Crippen LogP contribution in [-0.4, -0.2) is 17.0 Å². The molecular formula is C12H6Br3NO4. The molecule has 2 aromatic rings. The highest BCUT2D eigenvalue weighted by Gasteiger charge is 2.17. The number of benzene rings is 1. The molecule has 0 aliphatic rings. The second-order valence-electron chi connectivity index (χ2n) is 3.67. The Labute approximate surface area is 138 Å². The van der Waals surface area contributed by atoms with Gasteiger partial charge in [0.25, 0.3) is 5.91 Å². The van der Waals surface area contributed by atoms with Crippen LogP contribution >= 0.6 is 47.8 Å². The zero-order chi connectivity index (χ0) is 14.9. The first kappa shape index (κ1) is 15.3. The lowest BCUT2D eigenvalue weighted by atomic mass is 10.3. The van der Waals surface area contributed by atoms with Gasteiger partial charge in [0.1, 0.15) is 0 Å². The molecule has 0 saturated heterocycles. The average molecular weight is 468 g/mol. The van der Waals surface area contributed by atoms with Gasteiger partial charge in [0.05, 0.1) is 5.69 Å². The summed E-state index contributed by atoms with van der Waals surface area (Å²) in [6.45, 7) is 0. The number of amides is 1. The minimum absolute atomic E-state index is 0.0795. The van der Waals surface area contributed by atoms with Gasteiger partial charge in [0.2, 0.25) is 5.76 Å². The number of nitrogens with one attached hydrogen (secondary N) is 1. The summed E-state index contributed by atoms with van der Waals surface area (Å²) >= 11 is 9.98. The van der Waals surface area contributed by atoms with E-state index in [-0.39, 0.29) is 11.5 Å². The van der Waals surface area contributed by atoms with Crippen molar-refractivity contribution in [2.75, 3.05) is 5.32 Å². The first-order valence-electron chi connectivity index (χ1n) is 5.17. The molecular weight excluding hydrogens is 462 g/mol. The predicted molar refractivity (Wildman–Crippen MR) is 83.2 cm³/mol. The van der Waals surface area contributed by atoms with Gasteiger partial charge in [-0.15, -0.1) is 0 Å². The van der Waals surface area contributed by atoms with Gasteiger partial charge in [-0.2, -0.15) is 0 Å². The molecule has 0 spiro atoms. The fourth-order valence-corrected chi connectivity index (χ4v) is 3.87. The van der Waals surface area contributed by atoms with Crippen molar-refractivity contribution in [3.8, 4) is 0 Å². The van der Waals surface area contributed by atoms with E-state index in [2.05, 4.69) is 53.1 Å². The van der Waals surface area contributed by atoms with Crippen molar-refractivity contribution in [3.63, 3.8) is 0 Å². The number of anilines is 1. The zero-order valence-corrected chi connectivity index (χ0v) is 14.4. The predicted octanol–water partition coefficient (Wildman–Crippen LogP) is 4.52. The Bertz CT molecular complexity index is 673. The quantitative estimate of drug-likeness (QED) is 0.695. The van der Waals surface area contributed by atoms with Crippen molar-refractivity contribution in [1.82, 2.24) is 0 Å². The molecule has 2 rings (SSSR count). The maximum atomic E-state index is 12.0. The van der Waals surface area contributed by atoms with Gasteiger partial charge in [-0.05, 0) is 56.1 Å². The largest absolute Gasteiger partial charge is 0.475 e. The van der Waals surface area contributed by atoms with Crippen LogP contribution in [0.2, 0.25) is 0 Å². The summed E-state index contributed by atoms with van der Waals surface area (Å²) in [6.07, 6.45) is 0. The van der Waals surface area contributed by atoms with Crippen LogP contribution in [-0.2, 0) is 0 Å². The molecule has 104 valence electrons. The van der Waals surface area contributed by atoms with E-state index in [1.165, 1.54) is 12.1 Å². The second kappa shape index (κ2) is 6.11. The number of hydrogen-bond donors (Lipinski definition) is 2. The van der Waals surface area contributed by atoms with E-state index < -0.39 is 11.9 Å². The molecule has 1 aromatic heterocycles. The average Bonchev–Trinajstić information content (AvgIpc) is 2.83. The summed E-state index contributed by atoms with van der Waals surface area (Å²) < 4.78 is 7.09. The monoisotopic (exact) mass is 465 g/mol. The standard InChI is InChI=1S/C12H6Br3NO4/c13-5-3-6(14)10(7(15)4-5)16-11(17)8-1-2-9(20-8)12(18)19/h1-4H,(H,16,17)(H,18,19). The fourth-order valence-electron chi connectivity index (χ4n) is 1.41. The molecule has 8 heteroatoms. The Balaban J connectivity index is 2.25. The fraction of sp³-hybridized carbons (Fsp3) is 0. The first-order valence-corrected chi connectivity index (χ1v) is 7.55. The van der Waals surface area contributed by atoms with Gasteiger partial charge in [-0.3, -0.25) is 4.79 Å². The van der Waals surface area contributed by atoms with Gasteiger partial charge >= 0.3 is 5.97 Å². The molecule has 1 amide bonds. The normalized spacial score (nSPS) is 10.3. The molecule has 1 heterocycles. The molecule has 0 unspecified atom stereocenters. The van der Waals surface area contributed by atoms with Crippen molar-refractivity contribution in [1.29, 1.82) is 0 Å². The third-order valence-corrected chi connectivity index (χ3v) is 3.99. The molecule has 0 saturated carbocycles. The summed E-state index contributed by atoms with van der Waals surface area (Å²) in [5, 5.41) is 11.4.